The lowest BCUT2D eigenvalue weighted by Crippen LogP contribution is -2.02. The smallest absolute Gasteiger partial charge is 0.153 e. The van der Waals surface area contributed by atoms with Crippen LogP contribution in [0.4, 0.5) is 21.6 Å². The number of halogens is 2. The fourth-order valence-electron chi connectivity index (χ4n) is 1.40. The van der Waals surface area contributed by atoms with E-state index in [0.717, 1.165) is 5.56 Å². The van der Waals surface area contributed by atoms with Gasteiger partial charge in [0.1, 0.15) is 5.82 Å². The molecule has 0 saturated carbocycles. The van der Waals surface area contributed by atoms with Gasteiger partial charge in [-0.15, -0.1) is 0 Å². The maximum absolute atomic E-state index is 13.6. The second-order valence-electron chi connectivity index (χ2n) is 3.61. The monoisotopic (exact) mass is 295 g/mol. The number of hydrogen-bond donors (Lipinski definition) is 2. The van der Waals surface area contributed by atoms with Gasteiger partial charge in [-0.25, -0.2) is 9.37 Å². The molecule has 1 aromatic heterocycles. The van der Waals surface area contributed by atoms with Gasteiger partial charge in [0, 0.05) is 10.7 Å². The maximum Gasteiger partial charge on any atom is 0.153 e. The molecule has 0 bridgehead atoms. The maximum atomic E-state index is 13.6. The number of benzene rings is 1. The summed E-state index contributed by atoms with van der Waals surface area (Å²) in [5, 5.41) is 2.89. The summed E-state index contributed by atoms with van der Waals surface area (Å²) in [6.45, 7) is 1.87. The van der Waals surface area contributed by atoms with E-state index in [1.807, 2.05) is 6.92 Å². The first-order valence-corrected chi connectivity index (χ1v) is 5.81. The summed E-state index contributed by atoms with van der Waals surface area (Å²) in [7, 11) is 0. The van der Waals surface area contributed by atoms with E-state index >= 15 is 0 Å². The largest absolute Gasteiger partial charge is 0.396 e. The highest BCUT2D eigenvalue weighted by Gasteiger charge is 2.09. The number of aromatic nitrogens is 1. The van der Waals surface area contributed by atoms with Crippen LogP contribution in [0.1, 0.15) is 5.56 Å². The average Bonchev–Trinajstić information content (AvgIpc) is 2.29. The summed E-state index contributed by atoms with van der Waals surface area (Å²) >= 11 is 3.28. The van der Waals surface area contributed by atoms with Crippen molar-refractivity contribution in [3.8, 4) is 0 Å². The third kappa shape index (κ3) is 2.39. The molecule has 2 rings (SSSR count). The minimum Gasteiger partial charge on any atom is -0.396 e. The van der Waals surface area contributed by atoms with Crippen LogP contribution in [0, 0.1) is 12.7 Å². The Kier molecular flexibility index (Phi) is 3.28. The van der Waals surface area contributed by atoms with Crippen molar-refractivity contribution in [2.75, 3.05) is 11.1 Å². The van der Waals surface area contributed by atoms with Crippen LogP contribution in [0.5, 0.6) is 0 Å². The lowest BCUT2D eigenvalue weighted by molar-refractivity contribution is 0.631. The highest BCUT2D eigenvalue weighted by atomic mass is 79.9. The van der Waals surface area contributed by atoms with E-state index in [1.165, 1.54) is 6.07 Å². The Hall–Kier alpha value is -1.62. The van der Waals surface area contributed by atoms with Crippen molar-refractivity contribution in [2.24, 2.45) is 0 Å². The van der Waals surface area contributed by atoms with Gasteiger partial charge >= 0.3 is 0 Å². The quantitative estimate of drug-likeness (QED) is 0.890. The van der Waals surface area contributed by atoms with Crippen LogP contribution in [-0.4, -0.2) is 4.98 Å². The first-order chi connectivity index (χ1) is 8.09. The molecule has 0 aliphatic heterocycles. The second kappa shape index (κ2) is 4.71. The van der Waals surface area contributed by atoms with Crippen molar-refractivity contribution in [1.82, 2.24) is 4.98 Å². The summed E-state index contributed by atoms with van der Waals surface area (Å²) in [6.07, 6.45) is 1.63. The van der Waals surface area contributed by atoms with Gasteiger partial charge in [0.2, 0.25) is 0 Å². The fraction of sp³-hybridized carbons (Fsp3) is 0.0833. The van der Waals surface area contributed by atoms with Crippen LogP contribution in [0.3, 0.4) is 0 Å². The molecule has 0 atom stereocenters. The lowest BCUT2D eigenvalue weighted by atomic mass is 10.2. The summed E-state index contributed by atoms with van der Waals surface area (Å²) in [6, 6.07) is 6.55. The molecule has 0 spiro atoms. The molecular formula is C12H11BrFN3. The zero-order chi connectivity index (χ0) is 12.4. The van der Waals surface area contributed by atoms with Gasteiger partial charge in [-0.3, -0.25) is 0 Å². The second-order valence-corrected chi connectivity index (χ2v) is 4.47. The van der Waals surface area contributed by atoms with Crippen molar-refractivity contribution >= 4 is 33.1 Å². The molecule has 5 heteroatoms. The number of nitrogens with two attached hydrogens (primary N) is 1. The highest BCUT2D eigenvalue weighted by molar-refractivity contribution is 9.10. The number of aryl methyl sites for hydroxylation is 1. The summed E-state index contributed by atoms with van der Waals surface area (Å²) in [4.78, 5) is 4.09. The van der Waals surface area contributed by atoms with Crippen molar-refractivity contribution in [1.29, 1.82) is 0 Å². The number of rotatable bonds is 2. The molecule has 3 nitrogen and oxygen atoms in total. The molecule has 0 amide bonds. The molecule has 17 heavy (non-hydrogen) atoms. The van der Waals surface area contributed by atoms with E-state index in [4.69, 9.17) is 5.73 Å². The number of hydrogen-bond acceptors (Lipinski definition) is 3. The molecule has 0 aliphatic rings. The van der Waals surface area contributed by atoms with E-state index in [-0.39, 0.29) is 5.82 Å². The van der Waals surface area contributed by atoms with E-state index in [1.54, 1.807) is 24.4 Å². The zero-order valence-electron chi connectivity index (χ0n) is 9.17. The number of nitrogens with one attached hydrogen (secondary N) is 1. The molecule has 88 valence electrons. The topological polar surface area (TPSA) is 50.9 Å². The molecule has 2 aromatic rings. The molecule has 1 heterocycles. The van der Waals surface area contributed by atoms with Crippen LogP contribution < -0.4 is 11.1 Å². The Balaban J connectivity index is 2.42. The van der Waals surface area contributed by atoms with Crippen LogP contribution in [0.25, 0.3) is 0 Å². The molecule has 0 radical (unpaired) electrons. The highest BCUT2D eigenvalue weighted by Crippen LogP contribution is 2.30. The standard InChI is InChI=1S/C12H11BrFN3/c1-7-5-6-16-12(10(7)15)17-11-8(13)3-2-4-9(11)14/h2-6H,15H2,1H3,(H,16,17). The number of pyridine rings is 1. The SMILES string of the molecule is Cc1ccnc(Nc2c(F)cccc2Br)c1N. The average molecular weight is 296 g/mol. The van der Waals surface area contributed by atoms with Crippen molar-refractivity contribution in [3.63, 3.8) is 0 Å². The first-order valence-electron chi connectivity index (χ1n) is 5.01. The lowest BCUT2D eigenvalue weighted by Gasteiger charge is -2.11. The van der Waals surface area contributed by atoms with E-state index < -0.39 is 0 Å². The molecule has 3 N–H and O–H groups in total. The number of anilines is 3. The number of nitrogens with zero attached hydrogens (tertiary/aromatic N) is 1. The van der Waals surface area contributed by atoms with Gasteiger partial charge in [0.05, 0.1) is 11.4 Å². The Morgan fingerprint density at radius 1 is 1.35 bits per heavy atom. The van der Waals surface area contributed by atoms with Gasteiger partial charge in [-0.2, -0.15) is 0 Å². The van der Waals surface area contributed by atoms with Crippen molar-refractivity contribution < 1.29 is 4.39 Å². The van der Waals surface area contributed by atoms with Crippen LogP contribution in [-0.2, 0) is 0 Å². The van der Waals surface area contributed by atoms with Gasteiger partial charge in [-0.05, 0) is 46.6 Å². The van der Waals surface area contributed by atoms with Gasteiger partial charge in [0.25, 0.3) is 0 Å². The third-order valence-electron chi connectivity index (χ3n) is 2.41. The summed E-state index contributed by atoms with van der Waals surface area (Å²) in [5.74, 6) is 0.0953. The number of nitrogen functional groups attached to an aromatic ring is 1. The predicted molar refractivity (Wildman–Crippen MR) is 70.8 cm³/mol. The Morgan fingerprint density at radius 3 is 2.82 bits per heavy atom. The van der Waals surface area contributed by atoms with Crippen LogP contribution in [0.2, 0.25) is 0 Å². The minimum atomic E-state index is -0.359. The normalized spacial score (nSPS) is 10.3. The first kappa shape index (κ1) is 11.9. The van der Waals surface area contributed by atoms with Gasteiger partial charge in [0.15, 0.2) is 5.82 Å². The minimum absolute atomic E-state index is 0.331. The molecule has 0 aliphatic carbocycles. The van der Waals surface area contributed by atoms with Crippen LogP contribution >= 0.6 is 15.9 Å². The van der Waals surface area contributed by atoms with Crippen LogP contribution in [0.15, 0.2) is 34.9 Å². The van der Waals surface area contributed by atoms with Crippen molar-refractivity contribution in [2.45, 2.75) is 6.92 Å². The molecule has 0 unspecified atom stereocenters. The molecule has 0 fully saturated rings. The molecule has 1 aromatic carbocycles. The van der Waals surface area contributed by atoms with E-state index in [2.05, 4.69) is 26.2 Å². The van der Waals surface area contributed by atoms with Gasteiger partial charge in [-0.1, -0.05) is 6.07 Å². The Labute approximate surface area is 107 Å². The van der Waals surface area contributed by atoms with E-state index in [9.17, 15) is 4.39 Å². The summed E-state index contributed by atoms with van der Waals surface area (Å²) in [5.41, 5.74) is 7.61. The Morgan fingerprint density at radius 2 is 2.12 bits per heavy atom. The third-order valence-corrected chi connectivity index (χ3v) is 3.08. The van der Waals surface area contributed by atoms with E-state index in [0.29, 0.717) is 21.7 Å². The van der Waals surface area contributed by atoms with Crippen molar-refractivity contribution in [3.05, 3.63) is 46.3 Å². The number of para-hydroxylation sites is 1. The Bertz CT molecular complexity index is 537. The van der Waals surface area contributed by atoms with Gasteiger partial charge < -0.3 is 11.1 Å². The molecule has 0 saturated heterocycles. The predicted octanol–water partition coefficient (Wildman–Crippen LogP) is 3.62. The molecular weight excluding hydrogens is 285 g/mol. The summed E-state index contributed by atoms with van der Waals surface area (Å²) < 4.78 is 14.2. The zero-order valence-corrected chi connectivity index (χ0v) is 10.8. The fourth-order valence-corrected chi connectivity index (χ4v) is 1.85.